The van der Waals surface area contributed by atoms with E-state index in [-0.39, 0.29) is 6.04 Å². The number of nitrogens with two attached hydrogens (primary N) is 1. The maximum absolute atomic E-state index is 11.5. The summed E-state index contributed by atoms with van der Waals surface area (Å²) in [7, 11) is 0. The fourth-order valence-corrected chi connectivity index (χ4v) is 6.20. The van der Waals surface area contributed by atoms with E-state index in [2.05, 4.69) is 36.6 Å². The van der Waals surface area contributed by atoms with Crippen LogP contribution in [-0.2, 0) is 0 Å². The number of hydrogen-bond donors (Lipinski definition) is 3. The van der Waals surface area contributed by atoms with Crippen LogP contribution in [0.4, 0.5) is 12.0 Å². The number of nitrogens with zero attached hydrogens (tertiary/aromatic N) is 5. The van der Waals surface area contributed by atoms with Gasteiger partial charge in [-0.05, 0) is 43.7 Å². The number of rotatable bonds is 7. The molecule has 2 saturated carbocycles. The molecule has 1 aliphatic heterocycles. The molecular formula is C27H30N8O2. The van der Waals surface area contributed by atoms with Crippen LogP contribution in [0.25, 0.3) is 11.3 Å². The van der Waals surface area contributed by atoms with Gasteiger partial charge in [0.15, 0.2) is 5.76 Å². The van der Waals surface area contributed by atoms with Gasteiger partial charge in [0.1, 0.15) is 6.07 Å². The summed E-state index contributed by atoms with van der Waals surface area (Å²) in [6.45, 7) is 0.969. The summed E-state index contributed by atoms with van der Waals surface area (Å²) < 4.78 is 6.02. The Hall–Kier alpha value is -3.97. The highest BCUT2D eigenvalue weighted by molar-refractivity contribution is 5.93. The van der Waals surface area contributed by atoms with E-state index in [0.717, 1.165) is 44.2 Å². The van der Waals surface area contributed by atoms with E-state index in [1.54, 1.807) is 36.8 Å². The van der Waals surface area contributed by atoms with Crippen molar-refractivity contribution in [3.8, 4) is 17.4 Å². The molecule has 1 amide bonds. The maximum atomic E-state index is 11.5. The second-order valence-corrected chi connectivity index (χ2v) is 10.3. The Bertz CT molecular complexity index is 1320. The first kappa shape index (κ1) is 23.4. The van der Waals surface area contributed by atoms with Crippen molar-refractivity contribution in [1.82, 2.24) is 20.3 Å². The second kappa shape index (κ2) is 9.82. The van der Waals surface area contributed by atoms with Gasteiger partial charge in [-0.3, -0.25) is 4.79 Å². The largest absolute Gasteiger partial charge is 0.424 e. The van der Waals surface area contributed by atoms with Crippen molar-refractivity contribution in [3.63, 3.8) is 0 Å². The van der Waals surface area contributed by atoms with Crippen molar-refractivity contribution in [2.24, 2.45) is 11.7 Å². The Kier molecular flexibility index (Phi) is 6.22. The molecule has 2 aliphatic carbocycles. The van der Waals surface area contributed by atoms with E-state index >= 15 is 0 Å². The topological polar surface area (TPSA) is 146 Å². The first-order chi connectivity index (χ1) is 18.1. The average Bonchev–Trinajstić information content (AvgIpc) is 3.66. The van der Waals surface area contributed by atoms with E-state index in [1.165, 1.54) is 6.42 Å². The van der Waals surface area contributed by atoms with Crippen LogP contribution in [-0.4, -0.2) is 51.6 Å². The molecule has 5 atom stereocenters. The van der Waals surface area contributed by atoms with Gasteiger partial charge in [0.2, 0.25) is 11.9 Å². The second-order valence-electron chi connectivity index (χ2n) is 10.3. The summed E-state index contributed by atoms with van der Waals surface area (Å²) >= 11 is 0. The molecule has 3 heterocycles. The van der Waals surface area contributed by atoms with Crippen LogP contribution in [0.5, 0.6) is 0 Å². The van der Waals surface area contributed by atoms with Crippen LogP contribution >= 0.6 is 0 Å². The maximum Gasteiger partial charge on any atom is 0.295 e. The van der Waals surface area contributed by atoms with Crippen molar-refractivity contribution in [2.75, 3.05) is 16.8 Å². The van der Waals surface area contributed by atoms with Crippen LogP contribution in [0.1, 0.15) is 54.4 Å². The van der Waals surface area contributed by atoms with Gasteiger partial charge in [-0.15, -0.1) is 0 Å². The summed E-state index contributed by atoms with van der Waals surface area (Å²) in [6.07, 6.45) is 11.7. The van der Waals surface area contributed by atoms with Crippen molar-refractivity contribution in [2.45, 2.75) is 62.7 Å². The van der Waals surface area contributed by atoms with Gasteiger partial charge in [-0.1, -0.05) is 25.0 Å². The Morgan fingerprint density at radius 2 is 1.89 bits per heavy atom. The number of hydrogen-bond acceptors (Lipinski definition) is 9. The number of primary amides is 1. The number of oxazole rings is 1. The third kappa shape index (κ3) is 4.74. The molecule has 6 rings (SSSR count). The monoisotopic (exact) mass is 498 g/mol. The number of amides is 1. The van der Waals surface area contributed by atoms with Crippen LogP contribution in [0.15, 0.2) is 47.3 Å². The van der Waals surface area contributed by atoms with Crippen molar-refractivity contribution in [1.29, 1.82) is 5.26 Å². The minimum atomic E-state index is -0.472. The number of anilines is 2. The molecule has 3 fully saturated rings. The van der Waals surface area contributed by atoms with E-state index in [1.807, 2.05) is 6.07 Å². The van der Waals surface area contributed by atoms with E-state index in [0.29, 0.717) is 52.9 Å². The molecule has 0 spiro atoms. The predicted octanol–water partition coefficient (Wildman–Crippen LogP) is 3.08. The van der Waals surface area contributed by atoms with E-state index < -0.39 is 5.91 Å². The van der Waals surface area contributed by atoms with Gasteiger partial charge in [-0.25, -0.2) is 15.0 Å². The summed E-state index contributed by atoms with van der Waals surface area (Å²) in [6, 6.07) is 10.9. The van der Waals surface area contributed by atoms with Crippen molar-refractivity contribution in [3.05, 3.63) is 54.0 Å². The Labute approximate surface area is 215 Å². The minimum Gasteiger partial charge on any atom is -0.424 e. The normalized spacial score (nSPS) is 26.7. The molecule has 2 bridgehead atoms. The Morgan fingerprint density at radius 3 is 2.65 bits per heavy atom. The van der Waals surface area contributed by atoms with Crippen LogP contribution in [0.2, 0.25) is 0 Å². The number of piperidine rings is 1. The number of carbonyl (C=O) groups is 1. The highest BCUT2D eigenvalue weighted by Crippen LogP contribution is 2.40. The molecule has 0 radical (unpaired) electrons. The van der Waals surface area contributed by atoms with Gasteiger partial charge in [0.05, 0.1) is 24.2 Å². The average molecular weight is 499 g/mol. The number of fused-ring (bicyclic) bond motifs is 2. The zero-order valence-electron chi connectivity index (χ0n) is 20.5. The van der Waals surface area contributed by atoms with Gasteiger partial charge in [0, 0.05) is 41.8 Å². The summed E-state index contributed by atoms with van der Waals surface area (Å²) in [5.41, 5.74) is 7.10. The molecule has 190 valence electrons. The first-order valence-electron chi connectivity index (χ1n) is 12.9. The molecule has 0 unspecified atom stereocenters. The van der Waals surface area contributed by atoms with Gasteiger partial charge in [0.25, 0.3) is 6.01 Å². The third-order valence-corrected chi connectivity index (χ3v) is 7.95. The van der Waals surface area contributed by atoms with E-state index in [4.69, 9.17) is 15.4 Å². The van der Waals surface area contributed by atoms with Crippen LogP contribution in [0.3, 0.4) is 0 Å². The lowest BCUT2D eigenvalue weighted by molar-refractivity contribution is 0.100. The van der Waals surface area contributed by atoms with Gasteiger partial charge >= 0.3 is 0 Å². The summed E-state index contributed by atoms with van der Waals surface area (Å²) in [5, 5.41) is 16.6. The Morgan fingerprint density at radius 1 is 1.08 bits per heavy atom. The van der Waals surface area contributed by atoms with Gasteiger partial charge in [-0.2, -0.15) is 5.26 Å². The molecule has 1 saturated heterocycles. The molecule has 10 nitrogen and oxygen atoms in total. The standard InChI is InChI=1S/C27H30N8O2/c28-11-17-12-30-26(31-13-17)35-15-16-8-22(23(35)9-16)33-20-6-1-2-7-21(20)34-27-32-14-24(37-27)18-4-3-5-19(10-18)25(29)36/h3-5,10,12-14,16,20-23,33H,1-2,6-9,15H2,(H2,29,36)(H,32,34)/t16-,20-,21-,22+,23-/m1/s1. The molecular weight excluding hydrogens is 468 g/mol. The minimum absolute atomic E-state index is 0.205. The lowest BCUT2D eigenvalue weighted by atomic mass is 9.89. The lowest BCUT2D eigenvalue weighted by Gasteiger charge is -2.39. The van der Waals surface area contributed by atoms with Crippen LogP contribution in [0, 0.1) is 17.2 Å². The number of carbonyl (C=O) groups excluding carboxylic acids is 1. The Balaban J connectivity index is 1.13. The number of nitrogens with one attached hydrogen (secondary N) is 2. The molecule has 3 aliphatic rings. The number of benzene rings is 1. The molecule has 10 heteroatoms. The third-order valence-electron chi connectivity index (χ3n) is 7.95. The van der Waals surface area contributed by atoms with Crippen molar-refractivity contribution < 1.29 is 9.21 Å². The first-order valence-corrected chi connectivity index (χ1v) is 12.9. The predicted molar refractivity (Wildman–Crippen MR) is 138 cm³/mol. The molecule has 2 aromatic heterocycles. The quantitative estimate of drug-likeness (QED) is 0.447. The summed E-state index contributed by atoms with van der Waals surface area (Å²) in [5.74, 6) is 1.46. The number of nitriles is 1. The zero-order valence-corrected chi connectivity index (χ0v) is 20.5. The van der Waals surface area contributed by atoms with Crippen LogP contribution < -0.4 is 21.3 Å². The zero-order chi connectivity index (χ0) is 25.4. The van der Waals surface area contributed by atoms with Crippen molar-refractivity contribution >= 4 is 17.9 Å². The van der Waals surface area contributed by atoms with Gasteiger partial charge < -0.3 is 25.7 Å². The smallest absolute Gasteiger partial charge is 0.295 e. The molecule has 1 aromatic carbocycles. The SMILES string of the molecule is N#Cc1cnc(N2C[C@@H]3C[C@H](N[C@@H]4CCCC[C@H]4Nc4ncc(-c5cccc(C(N)=O)c5)o4)[C@H]2C3)nc1. The molecule has 4 N–H and O–H groups in total. The fourth-order valence-electron chi connectivity index (χ4n) is 6.20. The highest BCUT2D eigenvalue weighted by atomic mass is 16.4. The summed E-state index contributed by atoms with van der Waals surface area (Å²) in [4.78, 5) is 27.2. The number of aromatic nitrogens is 3. The fraction of sp³-hybridized carbons (Fsp3) is 0.444. The molecule has 37 heavy (non-hydrogen) atoms. The van der Waals surface area contributed by atoms with E-state index in [9.17, 15) is 4.79 Å². The highest BCUT2D eigenvalue weighted by Gasteiger charge is 2.47. The molecule has 3 aromatic rings. The lowest BCUT2D eigenvalue weighted by Crippen LogP contribution is -2.56.